The predicted octanol–water partition coefficient (Wildman–Crippen LogP) is 2.26. The molecule has 9 heteroatoms. The van der Waals surface area contributed by atoms with E-state index in [4.69, 9.17) is 4.74 Å². The van der Waals surface area contributed by atoms with Crippen LogP contribution in [-0.2, 0) is 4.74 Å². The first-order valence-corrected chi connectivity index (χ1v) is 9.97. The Kier molecular flexibility index (Phi) is 4.73. The Balaban J connectivity index is 1.37. The Hall–Kier alpha value is -3.20. The number of anilines is 2. The summed E-state index contributed by atoms with van der Waals surface area (Å²) < 4.78 is 7.33. The van der Waals surface area contributed by atoms with Crippen LogP contribution in [0.2, 0.25) is 0 Å². The second kappa shape index (κ2) is 7.67. The number of amides is 2. The molecule has 0 unspecified atom stereocenters. The minimum absolute atomic E-state index is 0.0982. The van der Waals surface area contributed by atoms with Crippen molar-refractivity contribution in [2.75, 3.05) is 49.6 Å². The number of carbonyl (C=O) groups is 1. The fourth-order valence-corrected chi connectivity index (χ4v) is 3.74. The van der Waals surface area contributed by atoms with E-state index >= 15 is 0 Å². The van der Waals surface area contributed by atoms with Crippen molar-refractivity contribution in [3.8, 4) is 11.4 Å². The van der Waals surface area contributed by atoms with Gasteiger partial charge in [-0.1, -0.05) is 6.07 Å². The minimum Gasteiger partial charge on any atom is -0.378 e. The van der Waals surface area contributed by atoms with E-state index in [2.05, 4.69) is 25.2 Å². The van der Waals surface area contributed by atoms with E-state index in [1.165, 1.54) is 0 Å². The highest BCUT2D eigenvalue weighted by Gasteiger charge is 2.18. The second-order valence-corrected chi connectivity index (χ2v) is 7.28. The lowest BCUT2D eigenvalue weighted by atomic mass is 10.3. The smallest absolute Gasteiger partial charge is 0.323 e. The van der Waals surface area contributed by atoms with Gasteiger partial charge >= 0.3 is 6.03 Å². The lowest BCUT2D eigenvalue weighted by Crippen LogP contribution is -2.36. The van der Waals surface area contributed by atoms with Crippen molar-refractivity contribution in [1.29, 1.82) is 0 Å². The summed E-state index contributed by atoms with van der Waals surface area (Å²) in [5, 5.41) is 2.89. The predicted molar refractivity (Wildman–Crippen MR) is 109 cm³/mol. The summed E-state index contributed by atoms with van der Waals surface area (Å²) in [7, 11) is 0. The van der Waals surface area contributed by atoms with Crippen molar-refractivity contribution < 1.29 is 9.53 Å². The average molecular weight is 393 g/mol. The van der Waals surface area contributed by atoms with Crippen molar-refractivity contribution in [2.45, 2.75) is 12.8 Å². The van der Waals surface area contributed by atoms with Crippen LogP contribution in [0, 0.1) is 0 Å². The van der Waals surface area contributed by atoms with E-state index in [0.29, 0.717) is 23.0 Å². The number of hydrogen-bond acceptors (Lipinski definition) is 6. The molecule has 2 fully saturated rings. The molecule has 0 bridgehead atoms. The number of fused-ring (bicyclic) bond motifs is 1. The molecule has 0 atom stereocenters. The summed E-state index contributed by atoms with van der Waals surface area (Å²) in [5.41, 5.74) is 2.46. The fraction of sp³-hybridized carbons (Fsp3) is 0.400. The molecule has 2 amide bonds. The first kappa shape index (κ1) is 17.9. The normalized spacial score (nSPS) is 17.1. The van der Waals surface area contributed by atoms with Crippen LogP contribution in [0.5, 0.6) is 0 Å². The molecule has 2 aliphatic heterocycles. The molecule has 0 aromatic carbocycles. The quantitative estimate of drug-likeness (QED) is 0.734. The molecule has 9 nitrogen and oxygen atoms in total. The zero-order chi connectivity index (χ0) is 19.6. The third-order valence-electron chi connectivity index (χ3n) is 5.31. The van der Waals surface area contributed by atoms with Gasteiger partial charge in [-0.05, 0) is 25.0 Å². The van der Waals surface area contributed by atoms with Gasteiger partial charge in [-0.15, -0.1) is 0 Å². The number of carbonyl (C=O) groups excluding carboxylic acids is 1. The van der Waals surface area contributed by atoms with Gasteiger partial charge < -0.3 is 14.5 Å². The van der Waals surface area contributed by atoms with Crippen LogP contribution < -0.4 is 10.2 Å². The molecule has 3 aromatic rings. The topological polar surface area (TPSA) is 87.9 Å². The van der Waals surface area contributed by atoms with Crippen LogP contribution >= 0.6 is 0 Å². The van der Waals surface area contributed by atoms with Crippen LogP contribution in [0.15, 0.2) is 36.8 Å². The highest BCUT2D eigenvalue weighted by molar-refractivity contribution is 5.88. The number of likely N-dealkylation sites (tertiary alicyclic amines) is 1. The van der Waals surface area contributed by atoms with Crippen LogP contribution in [0.4, 0.5) is 16.3 Å². The van der Waals surface area contributed by atoms with Crippen molar-refractivity contribution in [3.63, 3.8) is 0 Å². The molecular weight excluding hydrogens is 370 g/mol. The molecule has 0 aliphatic carbocycles. The zero-order valence-corrected chi connectivity index (χ0v) is 16.1. The highest BCUT2D eigenvalue weighted by Crippen LogP contribution is 2.21. The van der Waals surface area contributed by atoms with Gasteiger partial charge in [-0.2, -0.15) is 0 Å². The van der Waals surface area contributed by atoms with Gasteiger partial charge in [0.05, 0.1) is 30.8 Å². The zero-order valence-electron chi connectivity index (χ0n) is 16.1. The average Bonchev–Trinajstić information content (AvgIpc) is 3.44. The Morgan fingerprint density at radius 3 is 2.66 bits per heavy atom. The Morgan fingerprint density at radius 2 is 1.83 bits per heavy atom. The number of imidazole rings is 1. The maximum absolute atomic E-state index is 12.3. The summed E-state index contributed by atoms with van der Waals surface area (Å²) in [4.78, 5) is 30.0. The molecule has 2 saturated heterocycles. The lowest BCUT2D eigenvalue weighted by Gasteiger charge is -2.28. The van der Waals surface area contributed by atoms with Crippen molar-refractivity contribution in [3.05, 3.63) is 36.8 Å². The Morgan fingerprint density at radius 1 is 1.00 bits per heavy atom. The number of nitrogens with zero attached hydrogens (tertiary/aromatic N) is 6. The molecule has 29 heavy (non-hydrogen) atoms. The summed E-state index contributed by atoms with van der Waals surface area (Å²) in [6, 6.07) is 5.45. The van der Waals surface area contributed by atoms with Crippen molar-refractivity contribution in [1.82, 2.24) is 24.3 Å². The summed E-state index contributed by atoms with van der Waals surface area (Å²) in [5.74, 6) is 1.14. The number of aromatic nitrogens is 4. The number of urea groups is 1. The Bertz CT molecular complexity index is 1020. The third kappa shape index (κ3) is 3.73. The maximum Gasteiger partial charge on any atom is 0.323 e. The standard InChI is InChI=1S/C20H23N7O2/c28-20(26-6-1-2-7-26)24-18-5-3-4-16(22-18)17-14-27-13-15(12-21-19(27)23-17)25-8-10-29-11-9-25/h3-5,12-14H,1-2,6-11H2,(H,22,24,28). The molecule has 150 valence electrons. The van der Waals surface area contributed by atoms with Crippen molar-refractivity contribution >= 4 is 23.3 Å². The molecule has 0 saturated carbocycles. The minimum atomic E-state index is -0.0982. The first-order valence-electron chi connectivity index (χ1n) is 9.97. The van der Waals surface area contributed by atoms with Crippen LogP contribution in [0.3, 0.4) is 0 Å². The van der Waals surface area contributed by atoms with Gasteiger partial charge in [0, 0.05) is 38.6 Å². The fourth-order valence-electron chi connectivity index (χ4n) is 3.74. The monoisotopic (exact) mass is 393 g/mol. The molecule has 0 radical (unpaired) electrons. The maximum atomic E-state index is 12.3. The van der Waals surface area contributed by atoms with E-state index in [9.17, 15) is 4.79 Å². The lowest BCUT2D eigenvalue weighted by molar-refractivity contribution is 0.122. The summed E-state index contributed by atoms with van der Waals surface area (Å²) in [6.45, 7) is 4.77. The number of pyridine rings is 1. The molecular formula is C20H23N7O2. The third-order valence-corrected chi connectivity index (χ3v) is 5.31. The van der Waals surface area contributed by atoms with E-state index in [1.54, 1.807) is 6.07 Å². The summed E-state index contributed by atoms with van der Waals surface area (Å²) >= 11 is 0. The first-order chi connectivity index (χ1) is 14.3. The van der Waals surface area contributed by atoms with Crippen LogP contribution in [0.1, 0.15) is 12.8 Å². The SMILES string of the molecule is O=C(Nc1cccc(-c2cn3cc(N4CCOCC4)cnc3n2)n1)N1CCCC1. The second-order valence-electron chi connectivity index (χ2n) is 7.28. The van der Waals surface area contributed by atoms with Crippen LogP contribution in [-0.4, -0.2) is 69.7 Å². The van der Waals surface area contributed by atoms with Gasteiger partial charge in [0.15, 0.2) is 0 Å². The molecule has 0 spiro atoms. The number of hydrogen-bond donors (Lipinski definition) is 1. The van der Waals surface area contributed by atoms with Crippen molar-refractivity contribution in [2.24, 2.45) is 0 Å². The number of rotatable bonds is 3. The number of morpholine rings is 1. The van der Waals surface area contributed by atoms with Gasteiger partial charge in [0.2, 0.25) is 5.78 Å². The Labute approximate surface area is 168 Å². The van der Waals surface area contributed by atoms with E-state index in [0.717, 1.165) is 57.9 Å². The largest absolute Gasteiger partial charge is 0.378 e. The summed E-state index contributed by atoms with van der Waals surface area (Å²) in [6.07, 6.45) is 7.91. The molecule has 5 rings (SSSR count). The van der Waals surface area contributed by atoms with E-state index in [-0.39, 0.29) is 6.03 Å². The van der Waals surface area contributed by atoms with Gasteiger partial charge in [-0.3, -0.25) is 9.72 Å². The highest BCUT2D eigenvalue weighted by atomic mass is 16.5. The van der Waals surface area contributed by atoms with Gasteiger partial charge in [0.1, 0.15) is 11.5 Å². The van der Waals surface area contributed by atoms with Gasteiger partial charge in [-0.25, -0.2) is 19.7 Å². The molecule has 3 aromatic heterocycles. The van der Waals surface area contributed by atoms with Crippen LogP contribution in [0.25, 0.3) is 17.2 Å². The van der Waals surface area contributed by atoms with E-state index in [1.807, 2.05) is 40.0 Å². The number of nitrogens with one attached hydrogen (secondary N) is 1. The van der Waals surface area contributed by atoms with Gasteiger partial charge in [0.25, 0.3) is 0 Å². The van der Waals surface area contributed by atoms with E-state index < -0.39 is 0 Å². The number of ether oxygens (including phenoxy) is 1. The molecule has 1 N–H and O–H groups in total. The molecule has 2 aliphatic rings. The molecule has 5 heterocycles.